The van der Waals surface area contributed by atoms with Crippen molar-refractivity contribution in [3.8, 4) is 10.7 Å². The monoisotopic (exact) mass is 396 g/mol. The first-order valence-electron chi connectivity index (χ1n) is 9.70. The maximum absolute atomic E-state index is 12.6. The average Bonchev–Trinajstić information content (AvgIpc) is 3.41. The Hall–Kier alpha value is -2.51. The predicted octanol–water partition coefficient (Wildman–Crippen LogP) is 4.21. The third-order valence-corrected chi connectivity index (χ3v) is 6.02. The molecule has 1 saturated heterocycles. The fraction of sp³-hybridized carbons (Fsp3) is 0.381. The summed E-state index contributed by atoms with van der Waals surface area (Å²) in [5.74, 6) is 1.43. The third-order valence-electron chi connectivity index (χ3n) is 5.16. The molecule has 4 rings (SSSR count). The first-order valence-corrected chi connectivity index (χ1v) is 10.6. The van der Waals surface area contributed by atoms with Crippen LogP contribution in [0.5, 0.6) is 0 Å². The largest absolute Gasteiger partial charge is 0.338 e. The van der Waals surface area contributed by atoms with E-state index in [1.54, 1.807) is 11.3 Å². The highest BCUT2D eigenvalue weighted by Gasteiger charge is 2.26. The van der Waals surface area contributed by atoms with Crippen LogP contribution in [0, 0.1) is 5.92 Å². The SMILES string of the molecule is CCc1ccc(NC(=O)C2CCN(Cc3nc(-c4cccs4)no3)CC2)cc1. The van der Waals surface area contributed by atoms with Crippen molar-refractivity contribution >= 4 is 22.9 Å². The van der Waals surface area contributed by atoms with E-state index >= 15 is 0 Å². The fourth-order valence-electron chi connectivity index (χ4n) is 3.44. The van der Waals surface area contributed by atoms with Crippen molar-refractivity contribution in [3.05, 3.63) is 53.2 Å². The summed E-state index contributed by atoms with van der Waals surface area (Å²) in [6.45, 7) is 4.46. The quantitative estimate of drug-likeness (QED) is 0.676. The van der Waals surface area contributed by atoms with Crippen LogP contribution in [0.3, 0.4) is 0 Å². The summed E-state index contributed by atoms with van der Waals surface area (Å²) < 4.78 is 5.39. The van der Waals surface area contributed by atoms with Gasteiger partial charge < -0.3 is 9.84 Å². The Balaban J connectivity index is 1.26. The zero-order valence-corrected chi connectivity index (χ0v) is 16.7. The first-order chi connectivity index (χ1) is 13.7. The molecule has 6 nitrogen and oxygen atoms in total. The smallest absolute Gasteiger partial charge is 0.241 e. The van der Waals surface area contributed by atoms with E-state index in [4.69, 9.17) is 4.52 Å². The number of carbonyl (C=O) groups excluding carboxylic acids is 1. The number of anilines is 1. The minimum absolute atomic E-state index is 0.0477. The van der Waals surface area contributed by atoms with Crippen LogP contribution in [0.2, 0.25) is 0 Å². The molecule has 1 amide bonds. The predicted molar refractivity (Wildman–Crippen MR) is 110 cm³/mol. The Morgan fingerprint density at radius 1 is 1.25 bits per heavy atom. The number of nitrogens with zero attached hydrogens (tertiary/aromatic N) is 3. The molecule has 0 aliphatic carbocycles. The molecule has 2 aromatic heterocycles. The molecule has 1 aliphatic heterocycles. The lowest BCUT2D eigenvalue weighted by Gasteiger charge is -2.30. The van der Waals surface area contributed by atoms with Crippen LogP contribution in [0.4, 0.5) is 5.69 Å². The van der Waals surface area contributed by atoms with Gasteiger partial charge in [0.15, 0.2) is 0 Å². The summed E-state index contributed by atoms with van der Waals surface area (Å²) in [4.78, 5) is 20.3. The second-order valence-corrected chi connectivity index (χ2v) is 8.03. The number of thiophene rings is 1. The number of benzene rings is 1. The van der Waals surface area contributed by atoms with Crippen LogP contribution in [-0.2, 0) is 17.8 Å². The number of rotatable bonds is 6. The Morgan fingerprint density at radius 2 is 2.04 bits per heavy atom. The Kier molecular flexibility index (Phi) is 5.83. The van der Waals surface area contributed by atoms with Gasteiger partial charge in [0, 0.05) is 11.6 Å². The molecule has 1 aromatic carbocycles. The van der Waals surface area contributed by atoms with Gasteiger partial charge in [-0.15, -0.1) is 11.3 Å². The van der Waals surface area contributed by atoms with Crippen LogP contribution >= 0.6 is 11.3 Å². The summed E-state index contributed by atoms with van der Waals surface area (Å²) in [6.07, 6.45) is 2.68. The highest BCUT2D eigenvalue weighted by Crippen LogP contribution is 2.24. The molecule has 0 radical (unpaired) electrons. The highest BCUT2D eigenvalue weighted by atomic mass is 32.1. The van der Waals surface area contributed by atoms with E-state index in [-0.39, 0.29) is 11.8 Å². The van der Waals surface area contributed by atoms with Gasteiger partial charge in [0.25, 0.3) is 0 Å². The topological polar surface area (TPSA) is 71.3 Å². The van der Waals surface area contributed by atoms with E-state index in [2.05, 4.69) is 39.4 Å². The zero-order chi connectivity index (χ0) is 19.3. The number of aryl methyl sites for hydroxylation is 1. The van der Waals surface area contributed by atoms with Crippen LogP contribution in [-0.4, -0.2) is 34.0 Å². The van der Waals surface area contributed by atoms with E-state index in [0.717, 1.165) is 42.9 Å². The van der Waals surface area contributed by atoms with Gasteiger partial charge in [-0.05, 0) is 61.5 Å². The van der Waals surface area contributed by atoms with Gasteiger partial charge in [0.2, 0.25) is 17.6 Å². The van der Waals surface area contributed by atoms with E-state index in [1.165, 1.54) is 5.56 Å². The molecule has 1 aliphatic rings. The van der Waals surface area contributed by atoms with Gasteiger partial charge in [0.05, 0.1) is 11.4 Å². The lowest BCUT2D eigenvalue weighted by Crippen LogP contribution is -2.37. The summed E-state index contributed by atoms with van der Waals surface area (Å²) in [7, 11) is 0. The third kappa shape index (κ3) is 4.48. The molecule has 0 saturated carbocycles. The minimum atomic E-state index is 0.0477. The summed E-state index contributed by atoms with van der Waals surface area (Å²) in [5.41, 5.74) is 2.14. The molecule has 0 unspecified atom stereocenters. The second-order valence-electron chi connectivity index (χ2n) is 7.08. The van der Waals surface area contributed by atoms with Crippen LogP contribution in [0.1, 0.15) is 31.2 Å². The van der Waals surface area contributed by atoms with E-state index < -0.39 is 0 Å². The van der Waals surface area contributed by atoms with Crippen LogP contribution in [0.25, 0.3) is 10.7 Å². The second kappa shape index (κ2) is 8.67. The molecule has 1 fully saturated rings. The summed E-state index contributed by atoms with van der Waals surface area (Å²) >= 11 is 1.60. The zero-order valence-electron chi connectivity index (χ0n) is 15.9. The first kappa shape index (κ1) is 18.8. The minimum Gasteiger partial charge on any atom is -0.338 e. The lowest BCUT2D eigenvalue weighted by molar-refractivity contribution is -0.121. The van der Waals surface area contributed by atoms with Gasteiger partial charge >= 0.3 is 0 Å². The van der Waals surface area contributed by atoms with Crippen molar-refractivity contribution in [1.82, 2.24) is 15.0 Å². The molecule has 1 N–H and O–H groups in total. The Morgan fingerprint density at radius 3 is 2.71 bits per heavy atom. The average molecular weight is 397 g/mol. The molecule has 0 atom stereocenters. The molecule has 0 bridgehead atoms. The molecule has 28 heavy (non-hydrogen) atoms. The van der Waals surface area contributed by atoms with Crippen molar-refractivity contribution in [2.75, 3.05) is 18.4 Å². The number of nitrogens with one attached hydrogen (secondary N) is 1. The Labute approximate surface area is 168 Å². The van der Waals surface area contributed by atoms with Crippen molar-refractivity contribution in [2.24, 2.45) is 5.92 Å². The van der Waals surface area contributed by atoms with E-state index in [9.17, 15) is 4.79 Å². The van der Waals surface area contributed by atoms with Crippen molar-refractivity contribution in [2.45, 2.75) is 32.7 Å². The number of amides is 1. The van der Waals surface area contributed by atoms with Gasteiger partial charge in [-0.2, -0.15) is 4.98 Å². The number of carbonyl (C=O) groups is 1. The van der Waals surface area contributed by atoms with Crippen molar-refractivity contribution < 1.29 is 9.32 Å². The fourth-order valence-corrected chi connectivity index (χ4v) is 4.09. The standard InChI is InChI=1S/C21H24N4O2S/c1-2-15-5-7-17(8-6-15)22-21(26)16-9-11-25(12-10-16)14-19-23-20(24-27-19)18-4-3-13-28-18/h3-8,13,16H,2,9-12,14H2,1H3,(H,22,26). The van der Waals surface area contributed by atoms with Gasteiger partial charge in [-0.3, -0.25) is 9.69 Å². The van der Waals surface area contributed by atoms with E-state index in [0.29, 0.717) is 18.3 Å². The number of hydrogen-bond donors (Lipinski definition) is 1. The molecule has 7 heteroatoms. The molecular weight excluding hydrogens is 372 g/mol. The van der Waals surface area contributed by atoms with E-state index in [1.807, 2.05) is 29.6 Å². The summed E-state index contributed by atoms with van der Waals surface area (Å²) in [5, 5.41) is 9.11. The van der Waals surface area contributed by atoms with Crippen LogP contribution in [0.15, 0.2) is 46.3 Å². The maximum atomic E-state index is 12.6. The summed E-state index contributed by atoms with van der Waals surface area (Å²) in [6, 6.07) is 12.0. The lowest BCUT2D eigenvalue weighted by atomic mass is 9.96. The van der Waals surface area contributed by atoms with Gasteiger partial charge in [0.1, 0.15) is 0 Å². The normalized spacial score (nSPS) is 15.6. The molecule has 0 spiro atoms. The number of piperidine rings is 1. The highest BCUT2D eigenvalue weighted by molar-refractivity contribution is 7.13. The van der Waals surface area contributed by atoms with Crippen LogP contribution < -0.4 is 5.32 Å². The number of hydrogen-bond acceptors (Lipinski definition) is 6. The van der Waals surface area contributed by atoms with Gasteiger partial charge in [-0.25, -0.2) is 0 Å². The number of aromatic nitrogens is 2. The molecule has 146 valence electrons. The molecule has 3 heterocycles. The number of likely N-dealkylation sites (tertiary alicyclic amines) is 1. The Bertz CT molecular complexity index is 897. The van der Waals surface area contributed by atoms with Crippen molar-refractivity contribution in [3.63, 3.8) is 0 Å². The maximum Gasteiger partial charge on any atom is 0.241 e. The van der Waals surface area contributed by atoms with Gasteiger partial charge in [-0.1, -0.05) is 30.3 Å². The van der Waals surface area contributed by atoms with Crippen molar-refractivity contribution in [1.29, 1.82) is 0 Å². The molecular formula is C21H24N4O2S. The molecule has 3 aromatic rings.